The fraction of sp³-hybridized carbons (Fsp3) is 0.318. The van der Waals surface area contributed by atoms with Crippen LogP contribution in [-0.4, -0.2) is 34.2 Å². The highest BCUT2D eigenvalue weighted by Gasteiger charge is 2.19. The summed E-state index contributed by atoms with van der Waals surface area (Å²) in [5.74, 6) is -0.111. The second-order valence-corrected chi connectivity index (χ2v) is 7.22. The summed E-state index contributed by atoms with van der Waals surface area (Å²) in [7, 11) is 0. The van der Waals surface area contributed by atoms with E-state index in [1.165, 1.54) is 24.3 Å². The Morgan fingerprint density at radius 2 is 1.86 bits per heavy atom. The molecular weight excluding hydrogens is 362 g/mol. The van der Waals surface area contributed by atoms with Gasteiger partial charge in [-0.05, 0) is 55.3 Å². The van der Waals surface area contributed by atoms with Gasteiger partial charge in [0.15, 0.2) is 0 Å². The van der Waals surface area contributed by atoms with Crippen molar-refractivity contribution >= 4 is 10.9 Å². The molecule has 146 valence electrons. The molecule has 1 fully saturated rings. The van der Waals surface area contributed by atoms with Crippen LogP contribution >= 0.6 is 0 Å². The van der Waals surface area contributed by atoms with E-state index in [1.54, 1.807) is 18.2 Å². The molecule has 1 saturated heterocycles. The van der Waals surface area contributed by atoms with Crippen molar-refractivity contribution < 1.29 is 18.6 Å². The standard InChI is InChI=1S/C22H22F2N2O2/c23-16-5-3-15(4-6-16)14-28-22-11-18(12-26-9-1-2-19(27)13-26)25-21-8-7-17(24)10-20(21)22/h3-8,10-11,19,27H,1-2,9,12-14H2. The molecule has 1 unspecified atom stereocenters. The van der Waals surface area contributed by atoms with Crippen LogP contribution < -0.4 is 4.74 Å². The van der Waals surface area contributed by atoms with Crippen LogP contribution in [0, 0.1) is 11.6 Å². The Hall–Kier alpha value is -2.57. The highest BCUT2D eigenvalue weighted by molar-refractivity contribution is 5.85. The number of aliphatic hydroxyl groups is 1. The lowest BCUT2D eigenvalue weighted by molar-refractivity contribution is 0.0662. The number of aliphatic hydroxyl groups excluding tert-OH is 1. The number of nitrogens with zero attached hydrogens (tertiary/aromatic N) is 2. The molecule has 1 atom stereocenters. The Balaban J connectivity index is 1.60. The van der Waals surface area contributed by atoms with Crippen LogP contribution in [0.2, 0.25) is 0 Å². The van der Waals surface area contributed by atoms with Crippen molar-refractivity contribution in [2.75, 3.05) is 13.1 Å². The normalized spacial score (nSPS) is 17.8. The highest BCUT2D eigenvalue weighted by Crippen LogP contribution is 2.28. The summed E-state index contributed by atoms with van der Waals surface area (Å²) in [4.78, 5) is 6.81. The van der Waals surface area contributed by atoms with Crippen LogP contribution in [0.4, 0.5) is 8.78 Å². The summed E-state index contributed by atoms with van der Waals surface area (Å²) < 4.78 is 32.8. The van der Waals surface area contributed by atoms with Gasteiger partial charge >= 0.3 is 0 Å². The smallest absolute Gasteiger partial charge is 0.131 e. The maximum absolute atomic E-state index is 13.8. The first-order valence-corrected chi connectivity index (χ1v) is 9.44. The molecule has 0 saturated carbocycles. The van der Waals surface area contributed by atoms with E-state index in [0.717, 1.165) is 30.6 Å². The van der Waals surface area contributed by atoms with Crippen LogP contribution in [0.25, 0.3) is 10.9 Å². The predicted molar refractivity (Wildman–Crippen MR) is 103 cm³/mol. The zero-order chi connectivity index (χ0) is 19.5. The van der Waals surface area contributed by atoms with E-state index in [2.05, 4.69) is 9.88 Å². The van der Waals surface area contributed by atoms with Crippen molar-refractivity contribution in [2.45, 2.75) is 32.1 Å². The van der Waals surface area contributed by atoms with Crippen LogP contribution in [0.15, 0.2) is 48.5 Å². The molecule has 0 amide bonds. The Morgan fingerprint density at radius 3 is 2.64 bits per heavy atom. The minimum atomic E-state index is -0.354. The van der Waals surface area contributed by atoms with Gasteiger partial charge in [-0.15, -0.1) is 0 Å². The van der Waals surface area contributed by atoms with E-state index < -0.39 is 0 Å². The lowest BCUT2D eigenvalue weighted by Crippen LogP contribution is -2.37. The Bertz CT molecular complexity index is 963. The molecule has 0 bridgehead atoms. The minimum absolute atomic E-state index is 0.248. The van der Waals surface area contributed by atoms with Crippen LogP contribution in [0.5, 0.6) is 5.75 Å². The maximum atomic E-state index is 13.8. The van der Waals surface area contributed by atoms with Gasteiger partial charge in [0.25, 0.3) is 0 Å². The van der Waals surface area contributed by atoms with Gasteiger partial charge in [0, 0.05) is 24.5 Å². The molecular formula is C22H22F2N2O2. The summed E-state index contributed by atoms with van der Waals surface area (Å²) in [6.07, 6.45) is 1.47. The van der Waals surface area contributed by atoms with Crippen molar-refractivity contribution in [3.8, 4) is 5.75 Å². The Morgan fingerprint density at radius 1 is 1.07 bits per heavy atom. The van der Waals surface area contributed by atoms with E-state index in [0.29, 0.717) is 29.7 Å². The molecule has 1 aliphatic heterocycles. The largest absolute Gasteiger partial charge is 0.488 e. The molecule has 0 radical (unpaired) electrons. The molecule has 28 heavy (non-hydrogen) atoms. The third kappa shape index (κ3) is 4.46. The number of piperidine rings is 1. The monoisotopic (exact) mass is 384 g/mol. The molecule has 1 aliphatic rings. The molecule has 1 N–H and O–H groups in total. The fourth-order valence-corrected chi connectivity index (χ4v) is 3.57. The van der Waals surface area contributed by atoms with Crippen LogP contribution in [0.1, 0.15) is 24.1 Å². The zero-order valence-corrected chi connectivity index (χ0v) is 15.4. The number of hydrogen-bond donors (Lipinski definition) is 1. The number of hydrogen-bond acceptors (Lipinski definition) is 4. The maximum Gasteiger partial charge on any atom is 0.131 e. The van der Waals surface area contributed by atoms with Gasteiger partial charge < -0.3 is 9.84 Å². The quantitative estimate of drug-likeness (QED) is 0.721. The van der Waals surface area contributed by atoms with Crippen molar-refractivity contribution in [3.63, 3.8) is 0 Å². The van der Waals surface area contributed by atoms with Gasteiger partial charge in [0.2, 0.25) is 0 Å². The van der Waals surface area contributed by atoms with E-state index in [4.69, 9.17) is 4.74 Å². The summed E-state index contributed by atoms with van der Waals surface area (Å²) in [5, 5.41) is 10.5. The average Bonchev–Trinajstić information content (AvgIpc) is 2.68. The molecule has 2 aromatic carbocycles. The SMILES string of the molecule is OC1CCCN(Cc2cc(OCc3ccc(F)cc3)c3cc(F)ccc3n2)C1. The number of halogens is 2. The van der Waals surface area contributed by atoms with Crippen molar-refractivity contribution in [1.29, 1.82) is 0 Å². The fourth-order valence-electron chi connectivity index (χ4n) is 3.57. The number of ether oxygens (including phenoxy) is 1. The lowest BCUT2D eigenvalue weighted by Gasteiger charge is -2.29. The molecule has 6 heteroatoms. The van der Waals surface area contributed by atoms with Crippen LogP contribution in [0.3, 0.4) is 0 Å². The van der Waals surface area contributed by atoms with E-state index in [9.17, 15) is 13.9 Å². The van der Waals surface area contributed by atoms with E-state index in [-0.39, 0.29) is 24.3 Å². The second kappa shape index (κ2) is 8.20. The topological polar surface area (TPSA) is 45.6 Å². The van der Waals surface area contributed by atoms with Gasteiger partial charge in [-0.3, -0.25) is 9.88 Å². The molecule has 0 aliphatic carbocycles. The average molecular weight is 384 g/mol. The number of rotatable bonds is 5. The third-order valence-corrected chi connectivity index (χ3v) is 4.96. The molecule has 3 aromatic rings. The van der Waals surface area contributed by atoms with Gasteiger partial charge in [-0.25, -0.2) is 8.78 Å². The van der Waals surface area contributed by atoms with Crippen molar-refractivity contribution in [2.24, 2.45) is 0 Å². The third-order valence-electron chi connectivity index (χ3n) is 4.96. The molecule has 4 nitrogen and oxygen atoms in total. The second-order valence-electron chi connectivity index (χ2n) is 7.22. The lowest BCUT2D eigenvalue weighted by atomic mass is 10.1. The predicted octanol–water partition coefficient (Wildman–Crippen LogP) is 4.05. The van der Waals surface area contributed by atoms with Gasteiger partial charge in [-0.1, -0.05) is 12.1 Å². The van der Waals surface area contributed by atoms with E-state index >= 15 is 0 Å². The number of likely N-dealkylation sites (tertiary alicyclic amines) is 1. The van der Waals surface area contributed by atoms with Gasteiger partial charge in [-0.2, -0.15) is 0 Å². The zero-order valence-electron chi connectivity index (χ0n) is 15.4. The Labute approximate surface area is 162 Å². The Kier molecular flexibility index (Phi) is 5.50. The first-order valence-electron chi connectivity index (χ1n) is 9.44. The minimum Gasteiger partial charge on any atom is -0.488 e. The number of fused-ring (bicyclic) bond motifs is 1. The number of aromatic nitrogens is 1. The molecule has 4 rings (SSSR count). The molecule has 0 spiro atoms. The van der Waals surface area contributed by atoms with Crippen molar-refractivity contribution in [3.05, 3.63) is 71.4 Å². The number of pyridine rings is 1. The number of β-amino-alcohol motifs (C(OH)–C–C–N with tert-alkyl or cyclic N) is 1. The summed E-state index contributed by atoms with van der Waals surface area (Å²) in [5.41, 5.74) is 2.29. The summed E-state index contributed by atoms with van der Waals surface area (Å²) in [6, 6.07) is 12.4. The summed E-state index contributed by atoms with van der Waals surface area (Å²) in [6.45, 7) is 2.37. The first-order chi connectivity index (χ1) is 13.6. The molecule has 2 heterocycles. The van der Waals surface area contributed by atoms with Gasteiger partial charge in [0.05, 0.1) is 17.3 Å². The highest BCUT2D eigenvalue weighted by atomic mass is 19.1. The summed E-state index contributed by atoms with van der Waals surface area (Å²) >= 11 is 0. The first kappa shape index (κ1) is 18.8. The van der Waals surface area contributed by atoms with E-state index in [1.807, 2.05) is 6.07 Å². The number of benzene rings is 2. The van der Waals surface area contributed by atoms with Crippen LogP contribution in [-0.2, 0) is 13.2 Å². The van der Waals surface area contributed by atoms with Crippen molar-refractivity contribution in [1.82, 2.24) is 9.88 Å². The van der Waals surface area contributed by atoms with Gasteiger partial charge in [0.1, 0.15) is 24.0 Å². The molecule has 1 aromatic heterocycles.